The van der Waals surface area contributed by atoms with Gasteiger partial charge in [0.25, 0.3) is 0 Å². The smallest absolute Gasteiger partial charge is 0.129 e. The molecule has 2 aliphatic rings. The highest BCUT2D eigenvalue weighted by atomic mass is 16.4. The van der Waals surface area contributed by atoms with E-state index in [0.717, 1.165) is 18.2 Å². The van der Waals surface area contributed by atoms with Crippen LogP contribution in [-0.2, 0) is 13.2 Å². The number of aliphatic hydroxyl groups excluding tert-OH is 1. The quantitative estimate of drug-likeness (QED) is 0.877. The summed E-state index contributed by atoms with van der Waals surface area (Å²) in [4.78, 5) is 0. The molecule has 0 amide bonds. The first kappa shape index (κ1) is 13.2. The van der Waals surface area contributed by atoms with E-state index in [-0.39, 0.29) is 6.61 Å². The average molecular weight is 263 g/mol. The van der Waals surface area contributed by atoms with Crippen molar-refractivity contribution in [1.82, 2.24) is 5.32 Å². The number of hydrogen-bond donors (Lipinski definition) is 2. The maximum absolute atomic E-state index is 9.03. The third-order valence-corrected chi connectivity index (χ3v) is 5.62. The van der Waals surface area contributed by atoms with Crippen molar-refractivity contribution in [2.75, 3.05) is 0 Å². The summed E-state index contributed by atoms with van der Waals surface area (Å²) in [6, 6.07) is 4.37. The van der Waals surface area contributed by atoms with Crippen molar-refractivity contribution in [2.45, 2.75) is 59.2 Å². The SMILES string of the molecule is CC12CCC(C1)C(C)(C)C2NCc1ccc(CO)o1. The summed E-state index contributed by atoms with van der Waals surface area (Å²) in [5.41, 5.74) is 0.819. The van der Waals surface area contributed by atoms with Crippen molar-refractivity contribution >= 4 is 0 Å². The van der Waals surface area contributed by atoms with Crippen LogP contribution >= 0.6 is 0 Å². The molecule has 1 aromatic heterocycles. The molecule has 0 aliphatic heterocycles. The Balaban J connectivity index is 1.69. The van der Waals surface area contributed by atoms with Crippen molar-refractivity contribution in [1.29, 1.82) is 0 Å². The topological polar surface area (TPSA) is 45.4 Å². The predicted molar refractivity (Wildman–Crippen MR) is 74.5 cm³/mol. The van der Waals surface area contributed by atoms with Gasteiger partial charge in [-0.1, -0.05) is 20.8 Å². The standard InChI is InChI=1S/C16H25NO2/c1-15(2)11-6-7-16(3,8-11)14(15)17-9-12-4-5-13(10-18)19-12/h4-5,11,14,17-18H,6-10H2,1-3H3. The zero-order chi connectivity index (χ0) is 13.7. The van der Waals surface area contributed by atoms with Gasteiger partial charge in [-0.05, 0) is 48.1 Å². The van der Waals surface area contributed by atoms with E-state index in [1.807, 2.05) is 12.1 Å². The van der Waals surface area contributed by atoms with E-state index in [1.165, 1.54) is 19.3 Å². The van der Waals surface area contributed by atoms with Gasteiger partial charge in [0.05, 0.1) is 6.54 Å². The number of furan rings is 1. The van der Waals surface area contributed by atoms with Crippen LogP contribution in [0.3, 0.4) is 0 Å². The van der Waals surface area contributed by atoms with Crippen molar-refractivity contribution in [3.8, 4) is 0 Å². The van der Waals surface area contributed by atoms with E-state index in [4.69, 9.17) is 9.52 Å². The van der Waals surface area contributed by atoms with Crippen LogP contribution in [0.1, 0.15) is 51.6 Å². The molecule has 106 valence electrons. The summed E-state index contributed by atoms with van der Waals surface area (Å²) in [5.74, 6) is 2.43. The van der Waals surface area contributed by atoms with E-state index in [0.29, 0.717) is 22.6 Å². The lowest BCUT2D eigenvalue weighted by atomic mass is 9.68. The Labute approximate surface area is 115 Å². The number of nitrogens with one attached hydrogen (secondary N) is 1. The summed E-state index contributed by atoms with van der Waals surface area (Å²) < 4.78 is 5.56. The molecule has 2 bridgehead atoms. The first-order valence-electron chi connectivity index (χ1n) is 7.37. The van der Waals surface area contributed by atoms with E-state index < -0.39 is 0 Å². The second kappa shape index (κ2) is 4.35. The van der Waals surface area contributed by atoms with Crippen LogP contribution in [0.15, 0.2) is 16.5 Å². The second-order valence-corrected chi connectivity index (χ2v) is 7.26. The molecule has 0 saturated heterocycles. The average Bonchev–Trinajstić information content (AvgIpc) is 2.99. The molecule has 2 saturated carbocycles. The van der Waals surface area contributed by atoms with Crippen LogP contribution in [0.4, 0.5) is 0 Å². The fraction of sp³-hybridized carbons (Fsp3) is 0.750. The summed E-state index contributed by atoms with van der Waals surface area (Å²) in [6.07, 6.45) is 4.09. The van der Waals surface area contributed by atoms with Crippen LogP contribution in [0.2, 0.25) is 0 Å². The van der Waals surface area contributed by atoms with Crippen molar-refractivity contribution in [3.63, 3.8) is 0 Å². The molecule has 0 radical (unpaired) electrons. The lowest BCUT2D eigenvalue weighted by molar-refractivity contribution is 0.106. The Bertz CT molecular complexity index is 460. The molecule has 3 heteroatoms. The van der Waals surface area contributed by atoms with Gasteiger partial charge >= 0.3 is 0 Å². The third kappa shape index (κ3) is 2.03. The van der Waals surface area contributed by atoms with Crippen LogP contribution in [0.25, 0.3) is 0 Å². The van der Waals surface area contributed by atoms with Gasteiger partial charge in [0, 0.05) is 6.04 Å². The van der Waals surface area contributed by atoms with E-state index in [1.54, 1.807) is 0 Å². The summed E-state index contributed by atoms with van der Waals surface area (Å²) >= 11 is 0. The van der Waals surface area contributed by atoms with Crippen molar-refractivity contribution < 1.29 is 9.52 Å². The van der Waals surface area contributed by atoms with Gasteiger partial charge in [0.1, 0.15) is 18.1 Å². The molecular weight excluding hydrogens is 238 g/mol. The van der Waals surface area contributed by atoms with Crippen LogP contribution < -0.4 is 5.32 Å². The van der Waals surface area contributed by atoms with Gasteiger partial charge < -0.3 is 14.8 Å². The zero-order valence-corrected chi connectivity index (χ0v) is 12.2. The summed E-state index contributed by atoms with van der Waals surface area (Å²) in [7, 11) is 0. The third-order valence-electron chi connectivity index (χ3n) is 5.62. The van der Waals surface area contributed by atoms with Gasteiger partial charge in [-0.15, -0.1) is 0 Å². The number of fused-ring (bicyclic) bond motifs is 2. The van der Waals surface area contributed by atoms with Crippen molar-refractivity contribution in [2.24, 2.45) is 16.7 Å². The number of rotatable bonds is 4. The van der Waals surface area contributed by atoms with Gasteiger partial charge in [0.15, 0.2) is 0 Å². The Morgan fingerprint density at radius 1 is 1.32 bits per heavy atom. The van der Waals surface area contributed by atoms with Gasteiger partial charge in [-0.2, -0.15) is 0 Å². The van der Waals surface area contributed by atoms with E-state index >= 15 is 0 Å². The molecule has 1 heterocycles. The van der Waals surface area contributed by atoms with Gasteiger partial charge in [0.2, 0.25) is 0 Å². The minimum atomic E-state index is -0.0191. The zero-order valence-electron chi connectivity index (χ0n) is 12.2. The molecular formula is C16H25NO2. The highest BCUT2D eigenvalue weighted by Crippen LogP contribution is 2.62. The normalized spacial score (nSPS) is 36.0. The fourth-order valence-electron chi connectivity index (χ4n) is 4.62. The lowest BCUT2D eigenvalue weighted by Gasteiger charge is -2.43. The molecule has 3 nitrogen and oxygen atoms in total. The molecule has 1 aromatic rings. The first-order chi connectivity index (χ1) is 8.95. The highest BCUT2D eigenvalue weighted by Gasteiger charge is 2.58. The Morgan fingerprint density at radius 2 is 2.05 bits per heavy atom. The maximum atomic E-state index is 9.03. The van der Waals surface area contributed by atoms with Gasteiger partial charge in [-0.25, -0.2) is 0 Å². The minimum absolute atomic E-state index is 0.0191. The Kier molecular flexibility index (Phi) is 3.02. The van der Waals surface area contributed by atoms with E-state index in [2.05, 4.69) is 26.1 Å². The van der Waals surface area contributed by atoms with Crippen molar-refractivity contribution in [3.05, 3.63) is 23.7 Å². The highest BCUT2D eigenvalue weighted by molar-refractivity contribution is 5.13. The van der Waals surface area contributed by atoms with E-state index in [9.17, 15) is 0 Å². The predicted octanol–water partition coefficient (Wildman–Crippen LogP) is 3.08. The molecule has 3 atom stereocenters. The molecule has 0 spiro atoms. The molecule has 3 rings (SSSR count). The molecule has 19 heavy (non-hydrogen) atoms. The van der Waals surface area contributed by atoms with Crippen LogP contribution in [-0.4, -0.2) is 11.1 Å². The van der Waals surface area contributed by atoms with Gasteiger partial charge in [-0.3, -0.25) is 0 Å². The van der Waals surface area contributed by atoms with Crippen LogP contribution in [0, 0.1) is 16.7 Å². The Hall–Kier alpha value is -0.800. The Morgan fingerprint density at radius 3 is 2.63 bits per heavy atom. The molecule has 0 aromatic carbocycles. The summed E-state index contributed by atoms with van der Waals surface area (Å²) in [5, 5.41) is 12.7. The number of hydrogen-bond acceptors (Lipinski definition) is 3. The fourth-order valence-corrected chi connectivity index (χ4v) is 4.62. The second-order valence-electron chi connectivity index (χ2n) is 7.26. The molecule has 2 fully saturated rings. The largest absolute Gasteiger partial charge is 0.462 e. The molecule has 2 aliphatic carbocycles. The first-order valence-corrected chi connectivity index (χ1v) is 7.37. The maximum Gasteiger partial charge on any atom is 0.129 e. The minimum Gasteiger partial charge on any atom is -0.462 e. The summed E-state index contributed by atoms with van der Waals surface area (Å²) in [6.45, 7) is 7.98. The lowest BCUT2D eigenvalue weighted by Crippen LogP contribution is -2.49. The number of aliphatic hydroxyl groups is 1. The molecule has 3 unspecified atom stereocenters. The van der Waals surface area contributed by atoms with Crippen LogP contribution in [0.5, 0.6) is 0 Å². The monoisotopic (exact) mass is 263 g/mol. The molecule has 2 N–H and O–H groups in total.